The van der Waals surface area contributed by atoms with Crippen LogP contribution in [0.15, 0.2) is 69.9 Å². The van der Waals surface area contributed by atoms with Crippen LogP contribution in [0.3, 0.4) is 0 Å². The van der Waals surface area contributed by atoms with Crippen LogP contribution >= 0.6 is 11.3 Å². The molecule has 0 saturated carbocycles. The number of ether oxygens (including phenoxy) is 1. The summed E-state index contributed by atoms with van der Waals surface area (Å²) in [6.07, 6.45) is 4.93. The molecule has 3 heterocycles. The van der Waals surface area contributed by atoms with Crippen LogP contribution in [-0.4, -0.2) is 26.1 Å². The van der Waals surface area contributed by atoms with Crippen LogP contribution in [0.2, 0.25) is 0 Å². The second-order valence-corrected chi connectivity index (χ2v) is 9.14. The van der Waals surface area contributed by atoms with Gasteiger partial charge in [-0.25, -0.2) is 0 Å². The van der Waals surface area contributed by atoms with Crippen LogP contribution in [0.1, 0.15) is 31.9 Å². The molecule has 0 aliphatic rings. The van der Waals surface area contributed by atoms with Gasteiger partial charge in [0.05, 0.1) is 11.5 Å². The smallest absolute Gasteiger partial charge is 0.291 e. The Hall–Kier alpha value is -4.31. The van der Waals surface area contributed by atoms with Crippen molar-refractivity contribution in [3.63, 3.8) is 0 Å². The summed E-state index contributed by atoms with van der Waals surface area (Å²) in [6, 6.07) is 17.1. The Balaban J connectivity index is 1.36. The highest BCUT2D eigenvalue weighted by Gasteiger charge is 2.14. The summed E-state index contributed by atoms with van der Waals surface area (Å²) in [5, 5.41) is 15.4. The number of rotatable bonds is 9. The van der Waals surface area contributed by atoms with Crippen LogP contribution in [0.4, 0.5) is 5.69 Å². The van der Waals surface area contributed by atoms with Gasteiger partial charge in [0.25, 0.3) is 11.2 Å². The first-order valence-corrected chi connectivity index (χ1v) is 12.3. The van der Waals surface area contributed by atoms with Crippen molar-refractivity contribution in [1.82, 2.24) is 14.6 Å². The highest BCUT2D eigenvalue weighted by molar-refractivity contribution is 7.15. The molecule has 9 nitrogen and oxygen atoms in total. The second kappa shape index (κ2) is 10.1. The molecule has 0 saturated heterocycles. The van der Waals surface area contributed by atoms with Gasteiger partial charge in [-0.15, -0.1) is 5.10 Å². The Morgan fingerprint density at radius 2 is 1.94 bits per heavy atom. The Labute approximate surface area is 209 Å². The first-order chi connectivity index (χ1) is 17.5. The fourth-order valence-electron chi connectivity index (χ4n) is 3.69. The Morgan fingerprint density at radius 1 is 1.11 bits per heavy atom. The maximum absolute atomic E-state index is 12.9. The molecule has 0 aliphatic heterocycles. The lowest BCUT2D eigenvalue weighted by molar-refractivity contribution is -0.384. The monoisotopic (exact) mass is 502 g/mol. The molecular weight excluding hydrogens is 480 g/mol. The number of unbranched alkanes of at least 4 members (excludes halogenated alkanes) is 2. The summed E-state index contributed by atoms with van der Waals surface area (Å²) < 4.78 is 13.3. The number of nitrogens with zero attached hydrogens (tertiary/aromatic N) is 4. The van der Waals surface area contributed by atoms with Gasteiger partial charge in [-0.3, -0.25) is 14.9 Å². The molecule has 2 aromatic carbocycles. The molecular formula is C26H22N4O5S. The minimum atomic E-state index is -0.456. The van der Waals surface area contributed by atoms with Crippen LogP contribution in [0.5, 0.6) is 5.75 Å². The Kier molecular flexibility index (Phi) is 6.59. The molecule has 5 aromatic rings. The number of nitro groups is 1. The second-order valence-electron chi connectivity index (χ2n) is 8.13. The molecule has 0 spiro atoms. The molecule has 0 N–H and O–H groups in total. The van der Waals surface area contributed by atoms with E-state index in [9.17, 15) is 14.9 Å². The van der Waals surface area contributed by atoms with Gasteiger partial charge in [0.15, 0.2) is 5.82 Å². The van der Waals surface area contributed by atoms with Gasteiger partial charge in [0.2, 0.25) is 4.96 Å². The number of benzene rings is 2. The zero-order chi connectivity index (χ0) is 25.1. The summed E-state index contributed by atoms with van der Waals surface area (Å²) in [6.45, 7) is 2.84. The van der Waals surface area contributed by atoms with E-state index in [0.717, 1.165) is 30.6 Å². The average molecular weight is 503 g/mol. The molecule has 36 heavy (non-hydrogen) atoms. The molecule has 0 aliphatic carbocycles. The molecule has 3 aromatic heterocycles. The molecule has 0 unspecified atom stereocenters. The van der Waals surface area contributed by atoms with Gasteiger partial charge in [-0.2, -0.15) is 9.50 Å². The third-order valence-corrected chi connectivity index (χ3v) is 6.51. The standard InChI is InChI=1S/C26H22N4O5S/c1-2-3-4-14-34-20-10-8-17(9-11-20)24-27-26-29(28-24)25(31)23(36-26)16-21-12-13-22(35-21)18-6-5-7-19(15-18)30(32)33/h5-13,15-16H,2-4,14H2,1H3/b23-16+. The summed E-state index contributed by atoms with van der Waals surface area (Å²) >= 11 is 1.21. The van der Waals surface area contributed by atoms with Gasteiger partial charge in [-0.1, -0.05) is 43.2 Å². The zero-order valence-electron chi connectivity index (χ0n) is 19.4. The molecule has 0 radical (unpaired) electrons. The van der Waals surface area contributed by atoms with E-state index in [1.807, 2.05) is 24.3 Å². The number of non-ortho nitro benzene ring substituents is 1. The van der Waals surface area contributed by atoms with E-state index >= 15 is 0 Å². The summed E-state index contributed by atoms with van der Waals surface area (Å²) in [5.41, 5.74) is 1.06. The minimum Gasteiger partial charge on any atom is -0.494 e. The van der Waals surface area contributed by atoms with Crippen molar-refractivity contribution < 1.29 is 14.1 Å². The van der Waals surface area contributed by atoms with E-state index in [0.29, 0.717) is 39.0 Å². The molecule has 10 heteroatoms. The van der Waals surface area contributed by atoms with Gasteiger partial charge in [0, 0.05) is 29.3 Å². The maximum Gasteiger partial charge on any atom is 0.291 e. The summed E-state index contributed by atoms with van der Waals surface area (Å²) in [5.74, 6) is 2.18. The fraction of sp³-hybridized carbons (Fsp3) is 0.192. The molecule has 0 fully saturated rings. The van der Waals surface area contributed by atoms with E-state index in [1.165, 1.54) is 28.0 Å². The number of aromatic nitrogens is 3. The average Bonchev–Trinajstić information content (AvgIpc) is 3.60. The number of hydrogen-bond donors (Lipinski definition) is 0. The highest BCUT2D eigenvalue weighted by atomic mass is 32.1. The van der Waals surface area contributed by atoms with Crippen LogP contribution in [0, 0.1) is 10.1 Å². The Morgan fingerprint density at radius 3 is 2.69 bits per heavy atom. The van der Waals surface area contributed by atoms with Crippen molar-refractivity contribution in [2.75, 3.05) is 6.61 Å². The van der Waals surface area contributed by atoms with Gasteiger partial charge in [0.1, 0.15) is 21.8 Å². The lowest BCUT2D eigenvalue weighted by atomic mass is 10.1. The molecule has 182 valence electrons. The normalized spacial score (nSPS) is 11.9. The Bertz CT molecular complexity index is 1640. The number of nitro benzene ring substituents is 1. The fourth-order valence-corrected chi connectivity index (χ4v) is 4.57. The largest absolute Gasteiger partial charge is 0.494 e. The van der Waals surface area contributed by atoms with E-state index in [4.69, 9.17) is 9.15 Å². The van der Waals surface area contributed by atoms with E-state index < -0.39 is 4.92 Å². The first kappa shape index (κ1) is 23.4. The quantitative estimate of drug-likeness (QED) is 0.156. The third-order valence-electron chi connectivity index (χ3n) is 5.55. The SMILES string of the molecule is CCCCCOc1ccc(-c2nc3s/c(=C/c4ccc(-c5cccc([N+](=O)[O-])c5)o4)c(=O)n3n2)cc1. The van der Waals surface area contributed by atoms with Crippen LogP contribution < -0.4 is 14.8 Å². The van der Waals surface area contributed by atoms with Crippen molar-refractivity contribution in [2.45, 2.75) is 26.2 Å². The highest BCUT2D eigenvalue weighted by Crippen LogP contribution is 2.26. The summed E-state index contributed by atoms with van der Waals surface area (Å²) in [4.78, 5) is 28.5. The summed E-state index contributed by atoms with van der Waals surface area (Å²) in [7, 11) is 0. The number of hydrogen-bond acceptors (Lipinski definition) is 8. The maximum atomic E-state index is 12.9. The van der Waals surface area contributed by atoms with Crippen molar-refractivity contribution in [1.29, 1.82) is 0 Å². The van der Waals surface area contributed by atoms with Crippen LogP contribution in [0.25, 0.3) is 33.7 Å². The van der Waals surface area contributed by atoms with Crippen molar-refractivity contribution >= 4 is 28.1 Å². The van der Waals surface area contributed by atoms with Crippen molar-refractivity contribution in [2.24, 2.45) is 0 Å². The van der Waals surface area contributed by atoms with Gasteiger partial charge in [-0.05, 0) is 42.8 Å². The van der Waals surface area contributed by atoms with Crippen LogP contribution in [-0.2, 0) is 0 Å². The molecule has 0 amide bonds. The predicted octanol–water partition coefficient (Wildman–Crippen LogP) is 5.10. The van der Waals surface area contributed by atoms with E-state index in [-0.39, 0.29) is 11.2 Å². The number of thiazole rings is 1. The lowest BCUT2D eigenvalue weighted by Gasteiger charge is -2.05. The molecule has 5 rings (SSSR count). The number of furan rings is 1. The van der Waals surface area contributed by atoms with Crippen molar-refractivity contribution in [3.8, 4) is 28.5 Å². The van der Waals surface area contributed by atoms with Gasteiger partial charge >= 0.3 is 0 Å². The topological polar surface area (TPSA) is 113 Å². The predicted molar refractivity (Wildman–Crippen MR) is 137 cm³/mol. The van der Waals surface area contributed by atoms with Crippen molar-refractivity contribution in [3.05, 3.63) is 91.4 Å². The molecule has 0 bridgehead atoms. The third kappa shape index (κ3) is 4.89. The lowest BCUT2D eigenvalue weighted by Crippen LogP contribution is -2.23. The zero-order valence-corrected chi connectivity index (χ0v) is 20.2. The first-order valence-electron chi connectivity index (χ1n) is 11.5. The van der Waals surface area contributed by atoms with Gasteiger partial charge < -0.3 is 9.15 Å². The molecule has 0 atom stereocenters. The van der Waals surface area contributed by atoms with E-state index in [2.05, 4.69) is 17.0 Å². The van der Waals surface area contributed by atoms with E-state index in [1.54, 1.807) is 30.3 Å². The minimum absolute atomic E-state index is 0.0215. The number of fused-ring (bicyclic) bond motifs is 1.